The van der Waals surface area contributed by atoms with Gasteiger partial charge in [-0.1, -0.05) is 25.6 Å². The first-order valence-electron chi connectivity index (χ1n) is 8.58. The van der Waals surface area contributed by atoms with E-state index in [9.17, 15) is 4.79 Å². The van der Waals surface area contributed by atoms with E-state index in [1.54, 1.807) is 6.33 Å². The van der Waals surface area contributed by atoms with E-state index >= 15 is 0 Å². The van der Waals surface area contributed by atoms with E-state index < -0.39 is 0 Å². The van der Waals surface area contributed by atoms with Crippen LogP contribution in [0.3, 0.4) is 0 Å². The maximum absolute atomic E-state index is 12.1. The second kappa shape index (κ2) is 9.39. The molecule has 0 aliphatic carbocycles. The van der Waals surface area contributed by atoms with Crippen LogP contribution in [-0.4, -0.2) is 70.2 Å². The maximum Gasteiger partial charge on any atom is 0.230 e. The molecule has 0 saturated carbocycles. The van der Waals surface area contributed by atoms with Gasteiger partial charge in [0.15, 0.2) is 5.16 Å². The predicted molar refractivity (Wildman–Crippen MR) is 95.2 cm³/mol. The Morgan fingerprint density at radius 3 is 2.96 bits per heavy atom. The van der Waals surface area contributed by atoms with Crippen molar-refractivity contribution in [1.82, 2.24) is 25.0 Å². The molecule has 1 amide bonds. The van der Waals surface area contributed by atoms with Crippen LogP contribution >= 0.6 is 11.8 Å². The molecular formula is C16H29N5O2S. The van der Waals surface area contributed by atoms with Crippen molar-refractivity contribution in [2.24, 2.45) is 5.92 Å². The van der Waals surface area contributed by atoms with Gasteiger partial charge in [0.05, 0.1) is 18.5 Å². The highest BCUT2D eigenvalue weighted by Gasteiger charge is 2.21. The molecule has 1 unspecified atom stereocenters. The second-order valence-corrected chi connectivity index (χ2v) is 7.80. The molecule has 1 atom stereocenters. The third kappa shape index (κ3) is 6.07. The molecular weight excluding hydrogens is 326 g/mol. The lowest BCUT2D eigenvalue weighted by atomic mass is 10.2. The largest absolute Gasteiger partial charge is 0.374 e. The normalized spacial score (nSPS) is 19.2. The average molecular weight is 356 g/mol. The molecule has 0 aromatic carbocycles. The molecule has 1 aliphatic heterocycles. The van der Waals surface area contributed by atoms with Gasteiger partial charge < -0.3 is 14.6 Å². The van der Waals surface area contributed by atoms with E-state index in [1.165, 1.54) is 11.8 Å². The van der Waals surface area contributed by atoms with Gasteiger partial charge in [-0.05, 0) is 19.8 Å². The van der Waals surface area contributed by atoms with Crippen molar-refractivity contribution in [3.05, 3.63) is 6.33 Å². The minimum atomic E-state index is 0.00268. The van der Waals surface area contributed by atoms with Crippen LogP contribution in [0.2, 0.25) is 0 Å². The van der Waals surface area contributed by atoms with E-state index in [4.69, 9.17) is 4.74 Å². The summed E-state index contributed by atoms with van der Waals surface area (Å²) in [5, 5.41) is 11.7. The number of ether oxygens (including phenoxy) is 1. The predicted octanol–water partition coefficient (Wildman–Crippen LogP) is 1.42. The summed E-state index contributed by atoms with van der Waals surface area (Å²) < 4.78 is 7.72. The minimum Gasteiger partial charge on any atom is -0.374 e. The third-order valence-electron chi connectivity index (χ3n) is 3.80. The van der Waals surface area contributed by atoms with E-state index in [2.05, 4.69) is 48.1 Å². The molecule has 1 N–H and O–H groups in total. The Morgan fingerprint density at radius 2 is 2.25 bits per heavy atom. The number of rotatable bonds is 8. The number of morpholine rings is 1. The number of thioether (sulfide) groups is 1. The Hall–Kier alpha value is -1.12. The van der Waals surface area contributed by atoms with Crippen molar-refractivity contribution in [3.63, 3.8) is 0 Å². The molecule has 1 saturated heterocycles. The van der Waals surface area contributed by atoms with Crippen molar-refractivity contribution >= 4 is 17.7 Å². The lowest BCUT2D eigenvalue weighted by Gasteiger charge is -2.33. The molecule has 1 aromatic heterocycles. The van der Waals surface area contributed by atoms with Gasteiger partial charge >= 0.3 is 0 Å². The molecule has 0 radical (unpaired) electrons. The summed E-state index contributed by atoms with van der Waals surface area (Å²) in [4.78, 5) is 14.5. The molecule has 2 heterocycles. The number of carbonyl (C=O) groups is 1. The van der Waals surface area contributed by atoms with Gasteiger partial charge in [-0.25, -0.2) is 0 Å². The van der Waals surface area contributed by atoms with Gasteiger partial charge in [-0.2, -0.15) is 0 Å². The Kier molecular flexibility index (Phi) is 7.51. The quantitative estimate of drug-likeness (QED) is 0.711. The summed E-state index contributed by atoms with van der Waals surface area (Å²) >= 11 is 1.41. The summed E-state index contributed by atoms with van der Waals surface area (Å²) in [6.07, 6.45) is 1.77. The molecule has 0 bridgehead atoms. The number of nitrogens with one attached hydrogen (secondary N) is 1. The Balaban J connectivity index is 1.70. The lowest BCUT2D eigenvalue weighted by molar-refractivity contribution is -0.119. The second-order valence-electron chi connectivity index (χ2n) is 6.85. The number of nitrogens with zero attached hydrogens (tertiary/aromatic N) is 4. The van der Waals surface area contributed by atoms with Gasteiger partial charge in [0.1, 0.15) is 6.33 Å². The Morgan fingerprint density at radius 1 is 1.46 bits per heavy atom. The standard InChI is InChI=1S/C16H29N5O2S/c1-12(2)8-20-5-6-23-14(9-20)7-17-15(22)10-24-16-19-18-11-21(16)13(3)4/h11-14H,5-10H2,1-4H3,(H,17,22). The van der Waals surface area contributed by atoms with E-state index in [-0.39, 0.29) is 18.1 Å². The van der Waals surface area contributed by atoms with Crippen LogP contribution in [0.15, 0.2) is 11.5 Å². The number of hydrogen-bond acceptors (Lipinski definition) is 6. The summed E-state index contributed by atoms with van der Waals surface area (Å²) in [6.45, 7) is 12.8. The van der Waals surface area contributed by atoms with E-state index in [0.717, 1.165) is 31.4 Å². The molecule has 1 fully saturated rings. The van der Waals surface area contributed by atoms with Crippen LogP contribution in [0.4, 0.5) is 0 Å². The van der Waals surface area contributed by atoms with E-state index in [1.807, 2.05) is 4.57 Å². The SMILES string of the molecule is CC(C)CN1CCOC(CNC(=O)CSc2nncn2C(C)C)C1. The van der Waals surface area contributed by atoms with E-state index in [0.29, 0.717) is 18.2 Å². The van der Waals surface area contributed by atoms with Gasteiger partial charge in [-0.15, -0.1) is 10.2 Å². The molecule has 24 heavy (non-hydrogen) atoms. The van der Waals surface area contributed by atoms with Crippen LogP contribution < -0.4 is 5.32 Å². The number of aromatic nitrogens is 3. The molecule has 8 heteroatoms. The smallest absolute Gasteiger partial charge is 0.230 e. The zero-order chi connectivity index (χ0) is 17.5. The fraction of sp³-hybridized carbons (Fsp3) is 0.812. The summed E-state index contributed by atoms with van der Waals surface area (Å²) in [5.74, 6) is 0.990. The molecule has 1 aromatic rings. The number of carbonyl (C=O) groups excluding carboxylic acids is 1. The number of amides is 1. The van der Waals surface area contributed by atoms with Crippen LogP contribution in [0.25, 0.3) is 0 Å². The highest BCUT2D eigenvalue weighted by molar-refractivity contribution is 7.99. The van der Waals surface area contributed by atoms with Gasteiger partial charge in [0.25, 0.3) is 0 Å². The van der Waals surface area contributed by atoms with Crippen LogP contribution in [0.1, 0.15) is 33.7 Å². The van der Waals surface area contributed by atoms with Crippen molar-refractivity contribution < 1.29 is 9.53 Å². The lowest BCUT2D eigenvalue weighted by Crippen LogP contribution is -2.48. The molecule has 1 aliphatic rings. The summed E-state index contributed by atoms with van der Waals surface area (Å²) in [6, 6.07) is 0.285. The molecule has 7 nitrogen and oxygen atoms in total. The summed E-state index contributed by atoms with van der Waals surface area (Å²) in [7, 11) is 0. The number of hydrogen-bond donors (Lipinski definition) is 1. The van der Waals surface area contributed by atoms with Crippen molar-refractivity contribution in [1.29, 1.82) is 0 Å². The van der Waals surface area contributed by atoms with Crippen molar-refractivity contribution in [3.8, 4) is 0 Å². The first-order chi connectivity index (χ1) is 11.5. The topological polar surface area (TPSA) is 72.3 Å². The van der Waals surface area contributed by atoms with Gasteiger partial charge in [0, 0.05) is 32.2 Å². The molecule has 0 spiro atoms. The van der Waals surface area contributed by atoms with Crippen LogP contribution in [0.5, 0.6) is 0 Å². The van der Waals surface area contributed by atoms with Gasteiger partial charge in [-0.3, -0.25) is 9.69 Å². The monoisotopic (exact) mass is 355 g/mol. The zero-order valence-corrected chi connectivity index (χ0v) is 15.9. The average Bonchev–Trinajstić information content (AvgIpc) is 2.99. The summed E-state index contributed by atoms with van der Waals surface area (Å²) in [5.41, 5.74) is 0. The molecule has 2 rings (SSSR count). The zero-order valence-electron chi connectivity index (χ0n) is 15.1. The van der Waals surface area contributed by atoms with Crippen molar-refractivity contribution in [2.45, 2.75) is 45.0 Å². The maximum atomic E-state index is 12.1. The third-order valence-corrected chi connectivity index (χ3v) is 4.76. The fourth-order valence-electron chi connectivity index (χ4n) is 2.68. The molecule has 136 valence electrons. The highest BCUT2D eigenvalue weighted by Crippen LogP contribution is 2.18. The first-order valence-corrected chi connectivity index (χ1v) is 9.57. The van der Waals surface area contributed by atoms with Crippen molar-refractivity contribution in [2.75, 3.05) is 38.5 Å². The Bertz CT molecular complexity index is 520. The Labute approximate surface area is 148 Å². The minimum absolute atomic E-state index is 0.00268. The van der Waals surface area contributed by atoms with Crippen LogP contribution in [0, 0.1) is 5.92 Å². The first kappa shape index (κ1) is 19.2. The fourth-order valence-corrected chi connectivity index (χ4v) is 3.56. The highest BCUT2D eigenvalue weighted by atomic mass is 32.2. The van der Waals surface area contributed by atoms with Crippen LogP contribution in [-0.2, 0) is 9.53 Å². The van der Waals surface area contributed by atoms with Gasteiger partial charge in [0.2, 0.25) is 5.91 Å².